The van der Waals surface area contributed by atoms with Crippen LogP contribution in [-0.2, 0) is 4.79 Å². The number of alkyl halides is 4. The van der Waals surface area contributed by atoms with Crippen LogP contribution in [0, 0.1) is 5.92 Å². The Balaban J connectivity index is 2.64. The van der Waals surface area contributed by atoms with E-state index in [-0.39, 0.29) is 19.0 Å². The molecule has 1 heterocycles. The van der Waals surface area contributed by atoms with E-state index in [1.54, 1.807) is 0 Å². The van der Waals surface area contributed by atoms with Crippen LogP contribution in [0.5, 0.6) is 0 Å². The molecule has 16 heavy (non-hydrogen) atoms. The van der Waals surface area contributed by atoms with Crippen LogP contribution >= 0.6 is 0 Å². The summed E-state index contributed by atoms with van der Waals surface area (Å²) < 4.78 is 49.3. The maximum absolute atomic E-state index is 12.7. The molecule has 0 spiro atoms. The first kappa shape index (κ1) is 13.2. The molecule has 94 valence electrons. The second-order valence-corrected chi connectivity index (χ2v) is 3.96. The Hall–Kier alpha value is -0.850. The van der Waals surface area contributed by atoms with Gasteiger partial charge in [0.2, 0.25) is 0 Å². The van der Waals surface area contributed by atoms with Crippen LogP contribution in [0.15, 0.2) is 0 Å². The molecular formula is C9H13F4NO2. The molecule has 1 aliphatic heterocycles. The summed E-state index contributed by atoms with van der Waals surface area (Å²) in [6.45, 7) is 1.36. The molecule has 2 unspecified atom stereocenters. The van der Waals surface area contributed by atoms with E-state index < -0.39 is 24.4 Å². The minimum absolute atomic E-state index is 0.0172. The topological polar surface area (TPSA) is 40.5 Å². The van der Waals surface area contributed by atoms with E-state index in [9.17, 15) is 27.5 Å². The molecular weight excluding hydrogens is 230 g/mol. The Labute approximate surface area is 90.0 Å². The molecule has 3 nitrogen and oxygen atoms in total. The molecule has 0 radical (unpaired) electrons. The Morgan fingerprint density at radius 2 is 2.06 bits per heavy atom. The van der Waals surface area contributed by atoms with E-state index in [0.717, 1.165) is 0 Å². The normalized spacial score (nSPS) is 23.9. The highest BCUT2D eigenvalue weighted by Crippen LogP contribution is 2.29. The van der Waals surface area contributed by atoms with Gasteiger partial charge >= 0.3 is 12.3 Å². The fraction of sp³-hybridized carbons (Fsp3) is 0.889. The Bertz CT molecular complexity index is 270. The highest BCUT2D eigenvalue weighted by atomic mass is 19.3. The number of carbonyl (C=O) groups excluding carboxylic acids is 1. The molecule has 0 aromatic heterocycles. The molecule has 0 aromatic carbocycles. The first-order chi connectivity index (χ1) is 7.26. The van der Waals surface area contributed by atoms with Crippen molar-refractivity contribution in [2.75, 3.05) is 13.1 Å². The average Bonchev–Trinajstić information content (AvgIpc) is 2.64. The molecule has 0 saturated carbocycles. The van der Waals surface area contributed by atoms with Gasteiger partial charge in [0.15, 0.2) is 0 Å². The van der Waals surface area contributed by atoms with E-state index >= 15 is 0 Å². The second-order valence-electron chi connectivity index (χ2n) is 3.96. The zero-order valence-corrected chi connectivity index (χ0v) is 8.67. The van der Waals surface area contributed by atoms with Gasteiger partial charge in [-0.25, -0.2) is 8.78 Å². The van der Waals surface area contributed by atoms with Crippen LogP contribution in [0.3, 0.4) is 0 Å². The largest absolute Gasteiger partial charge is 0.393 e. The van der Waals surface area contributed by atoms with Crippen LogP contribution in [0.4, 0.5) is 17.6 Å². The van der Waals surface area contributed by atoms with Gasteiger partial charge in [0.1, 0.15) is 0 Å². The third-order valence-electron chi connectivity index (χ3n) is 2.75. The Kier molecular flexibility index (Phi) is 3.77. The number of aliphatic hydroxyl groups is 1. The van der Waals surface area contributed by atoms with Crippen LogP contribution in [0.2, 0.25) is 0 Å². The van der Waals surface area contributed by atoms with Crippen molar-refractivity contribution in [1.82, 2.24) is 4.90 Å². The van der Waals surface area contributed by atoms with Crippen molar-refractivity contribution in [3.8, 4) is 0 Å². The minimum Gasteiger partial charge on any atom is -0.393 e. The maximum atomic E-state index is 12.7. The van der Waals surface area contributed by atoms with Gasteiger partial charge in [0.25, 0.3) is 5.91 Å². The maximum Gasteiger partial charge on any atom is 0.383 e. The van der Waals surface area contributed by atoms with Gasteiger partial charge < -0.3 is 10.0 Å². The van der Waals surface area contributed by atoms with Gasteiger partial charge in [-0.15, -0.1) is 0 Å². The van der Waals surface area contributed by atoms with E-state index in [0.29, 0.717) is 11.3 Å². The average molecular weight is 243 g/mol. The zero-order valence-electron chi connectivity index (χ0n) is 8.67. The van der Waals surface area contributed by atoms with E-state index in [4.69, 9.17) is 0 Å². The van der Waals surface area contributed by atoms with Crippen LogP contribution in [0.25, 0.3) is 0 Å². The number of likely N-dealkylation sites (tertiary alicyclic amines) is 1. The lowest BCUT2D eigenvalue weighted by atomic mass is 10.0. The summed E-state index contributed by atoms with van der Waals surface area (Å²) in [4.78, 5) is 11.8. The number of hydrogen-bond donors (Lipinski definition) is 1. The monoisotopic (exact) mass is 243 g/mol. The van der Waals surface area contributed by atoms with Gasteiger partial charge in [0, 0.05) is 19.0 Å². The molecule has 0 aromatic rings. The Morgan fingerprint density at radius 3 is 2.44 bits per heavy atom. The molecule has 7 heteroatoms. The predicted molar refractivity (Wildman–Crippen MR) is 47.3 cm³/mol. The number of halogens is 4. The van der Waals surface area contributed by atoms with Gasteiger partial charge in [-0.1, -0.05) is 0 Å². The third kappa shape index (κ3) is 2.45. The summed E-state index contributed by atoms with van der Waals surface area (Å²) in [6, 6.07) is 0. The lowest BCUT2D eigenvalue weighted by Crippen LogP contribution is -2.47. The van der Waals surface area contributed by atoms with E-state index in [2.05, 4.69) is 0 Å². The van der Waals surface area contributed by atoms with Gasteiger partial charge in [-0.3, -0.25) is 4.79 Å². The van der Waals surface area contributed by atoms with Crippen molar-refractivity contribution in [3.63, 3.8) is 0 Å². The highest BCUT2D eigenvalue weighted by molar-refractivity contribution is 5.84. The summed E-state index contributed by atoms with van der Waals surface area (Å²) in [7, 11) is 0. The van der Waals surface area contributed by atoms with Crippen molar-refractivity contribution in [1.29, 1.82) is 0 Å². The lowest BCUT2D eigenvalue weighted by molar-refractivity contribution is -0.179. The number of hydrogen-bond acceptors (Lipinski definition) is 2. The zero-order chi connectivity index (χ0) is 12.5. The van der Waals surface area contributed by atoms with Crippen LogP contribution < -0.4 is 0 Å². The van der Waals surface area contributed by atoms with Gasteiger partial charge in [-0.05, 0) is 13.3 Å². The fourth-order valence-electron chi connectivity index (χ4n) is 1.67. The van der Waals surface area contributed by atoms with Gasteiger partial charge in [-0.2, -0.15) is 8.78 Å². The van der Waals surface area contributed by atoms with E-state index in [1.165, 1.54) is 6.92 Å². The standard InChI is InChI=1S/C9H13F4NO2/c1-5(15)6-2-3-14(4-6)8(16)9(12,13)7(10)11/h5-7,15H,2-4H2,1H3. The van der Waals surface area contributed by atoms with Crippen molar-refractivity contribution < 1.29 is 27.5 Å². The fourth-order valence-corrected chi connectivity index (χ4v) is 1.67. The predicted octanol–water partition coefficient (Wildman–Crippen LogP) is 1.12. The Morgan fingerprint density at radius 1 is 1.50 bits per heavy atom. The first-order valence-electron chi connectivity index (χ1n) is 4.90. The third-order valence-corrected chi connectivity index (χ3v) is 2.75. The van der Waals surface area contributed by atoms with Gasteiger partial charge in [0.05, 0.1) is 6.10 Å². The van der Waals surface area contributed by atoms with E-state index in [1.807, 2.05) is 0 Å². The summed E-state index contributed by atoms with van der Waals surface area (Å²) >= 11 is 0. The highest BCUT2D eigenvalue weighted by Gasteiger charge is 2.52. The smallest absolute Gasteiger partial charge is 0.383 e. The molecule has 1 rings (SSSR count). The number of carbonyl (C=O) groups is 1. The van der Waals surface area contributed by atoms with Crippen molar-refractivity contribution >= 4 is 5.91 Å². The van der Waals surface area contributed by atoms with Crippen LogP contribution in [-0.4, -0.2) is 47.5 Å². The lowest BCUT2D eigenvalue weighted by Gasteiger charge is -2.22. The van der Waals surface area contributed by atoms with Crippen molar-refractivity contribution in [2.45, 2.75) is 31.8 Å². The number of nitrogens with zero attached hydrogens (tertiary/aromatic N) is 1. The van der Waals surface area contributed by atoms with Crippen molar-refractivity contribution in [3.05, 3.63) is 0 Å². The molecule has 2 atom stereocenters. The quantitative estimate of drug-likeness (QED) is 0.754. The summed E-state index contributed by atoms with van der Waals surface area (Å²) in [5, 5.41) is 9.19. The molecule has 1 N–H and O–H groups in total. The molecule has 1 saturated heterocycles. The van der Waals surface area contributed by atoms with Crippen molar-refractivity contribution in [2.24, 2.45) is 5.92 Å². The summed E-state index contributed by atoms with van der Waals surface area (Å²) in [5.41, 5.74) is 0. The number of amides is 1. The summed E-state index contributed by atoms with van der Waals surface area (Å²) in [6.07, 6.45) is -4.38. The molecule has 0 bridgehead atoms. The SMILES string of the molecule is CC(O)C1CCN(C(=O)C(F)(F)C(F)F)C1. The van der Waals surface area contributed by atoms with Crippen LogP contribution in [0.1, 0.15) is 13.3 Å². The number of rotatable bonds is 3. The number of aliphatic hydroxyl groups excluding tert-OH is 1. The second kappa shape index (κ2) is 4.57. The first-order valence-corrected chi connectivity index (χ1v) is 4.90. The molecule has 1 amide bonds. The minimum atomic E-state index is -4.63. The molecule has 1 fully saturated rings. The summed E-state index contributed by atoms with van der Waals surface area (Å²) in [5.74, 6) is -6.81. The molecule has 0 aliphatic carbocycles. The molecule has 1 aliphatic rings.